The van der Waals surface area contributed by atoms with Crippen molar-refractivity contribution in [2.75, 3.05) is 27.6 Å². The Morgan fingerprint density at radius 1 is 1.20 bits per heavy atom. The van der Waals surface area contributed by atoms with Gasteiger partial charge in [0.05, 0.1) is 28.7 Å². The molecule has 1 rings (SSSR count). The van der Waals surface area contributed by atoms with Crippen LogP contribution < -0.4 is 10.1 Å². The zero-order valence-corrected chi connectivity index (χ0v) is 18.3. The zero-order chi connectivity index (χ0) is 19.0. The first kappa shape index (κ1) is 22.2. The normalized spacial score (nSPS) is 12.6. The Bertz CT molecular complexity index is 552. The molecule has 0 fully saturated rings. The summed E-state index contributed by atoms with van der Waals surface area (Å²) in [5, 5.41) is 2.84. The molecule has 1 aromatic carbocycles. The summed E-state index contributed by atoms with van der Waals surface area (Å²) in [5.41, 5.74) is 0.440. The Labute approximate surface area is 165 Å². The molecule has 1 aromatic rings. The standard InChI is InChI=1S/C17H25Br2NO5/c1-17(2,3)25-16(21)20-12(9-24-10-22-4)6-11-7-13(18)15(23-5)14(19)8-11/h7-8,12H,6,9-10H2,1-5H3,(H,20,21)/t12-/m0/s1. The van der Waals surface area contributed by atoms with Gasteiger partial charge in [0.15, 0.2) is 0 Å². The van der Waals surface area contributed by atoms with Gasteiger partial charge in [-0.05, 0) is 76.7 Å². The van der Waals surface area contributed by atoms with Crippen molar-refractivity contribution in [1.29, 1.82) is 0 Å². The van der Waals surface area contributed by atoms with E-state index in [1.165, 1.54) is 0 Å². The third-order valence-corrected chi connectivity index (χ3v) is 4.16. The van der Waals surface area contributed by atoms with E-state index in [1.807, 2.05) is 32.9 Å². The van der Waals surface area contributed by atoms with Crippen molar-refractivity contribution >= 4 is 38.0 Å². The lowest BCUT2D eigenvalue weighted by atomic mass is 10.1. The molecule has 0 heterocycles. The molecule has 1 amide bonds. The second-order valence-electron chi connectivity index (χ2n) is 6.42. The van der Waals surface area contributed by atoms with Gasteiger partial charge in [0.25, 0.3) is 0 Å². The fourth-order valence-corrected chi connectivity index (χ4v) is 3.71. The summed E-state index contributed by atoms with van der Waals surface area (Å²) in [6.45, 7) is 5.92. The van der Waals surface area contributed by atoms with E-state index in [-0.39, 0.29) is 12.8 Å². The summed E-state index contributed by atoms with van der Waals surface area (Å²) in [7, 11) is 3.16. The van der Waals surface area contributed by atoms with E-state index in [2.05, 4.69) is 37.2 Å². The summed E-state index contributed by atoms with van der Waals surface area (Å²) >= 11 is 6.97. The lowest BCUT2D eigenvalue weighted by Crippen LogP contribution is -2.42. The summed E-state index contributed by atoms with van der Waals surface area (Å²) in [4.78, 5) is 12.1. The minimum absolute atomic E-state index is 0.155. The van der Waals surface area contributed by atoms with Crippen molar-refractivity contribution in [3.8, 4) is 5.75 Å². The quantitative estimate of drug-likeness (QED) is 0.442. The van der Waals surface area contributed by atoms with E-state index >= 15 is 0 Å². The number of methoxy groups -OCH3 is 2. The molecule has 0 aromatic heterocycles. The average molecular weight is 483 g/mol. The summed E-state index contributed by atoms with van der Waals surface area (Å²) < 4.78 is 22.6. The first-order valence-corrected chi connectivity index (χ1v) is 9.33. The van der Waals surface area contributed by atoms with Crippen LogP contribution in [0.3, 0.4) is 0 Å². The highest BCUT2D eigenvalue weighted by Gasteiger charge is 2.21. The van der Waals surface area contributed by atoms with Crippen LogP contribution in [0.4, 0.5) is 4.79 Å². The Morgan fingerprint density at radius 2 is 1.80 bits per heavy atom. The molecular weight excluding hydrogens is 458 g/mol. The van der Waals surface area contributed by atoms with Gasteiger partial charge in [0, 0.05) is 7.11 Å². The van der Waals surface area contributed by atoms with Crippen molar-refractivity contribution < 1.29 is 23.7 Å². The molecule has 25 heavy (non-hydrogen) atoms. The Balaban J connectivity index is 2.84. The van der Waals surface area contributed by atoms with Crippen molar-refractivity contribution in [1.82, 2.24) is 5.32 Å². The monoisotopic (exact) mass is 481 g/mol. The highest BCUT2D eigenvalue weighted by Crippen LogP contribution is 2.34. The number of benzene rings is 1. The first-order chi connectivity index (χ1) is 11.7. The van der Waals surface area contributed by atoms with E-state index in [9.17, 15) is 4.79 Å². The zero-order valence-electron chi connectivity index (χ0n) is 15.2. The predicted molar refractivity (Wildman–Crippen MR) is 103 cm³/mol. The average Bonchev–Trinajstić information content (AvgIpc) is 2.45. The Morgan fingerprint density at radius 3 is 2.28 bits per heavy atom. The van der Waals surface area contributed by atoms with Crippen LogP contribution in [0.2, 0.25) is 0 Å². The van der Waals surface area contributed by atoms with Crippen molar-refractivity contribution in [3.05, 3.63) is 26.6 Å². The molecule has 142 valence electrons. The molecule has 0 saturated carbocycles. The predicted octanol–water partition coefficient (Wildman–Crippen LogP) is 4.28. The second-order valence-corrected chi connectivity index (χ2v) is 8.13. The summed E-state index contributed by atoms with van der Waals surface area (Å²) in [6.07, 6.45) is 0.0783. The number of alkyl carbamates (subject to hydrolysis) is 1. The number of carbonyl (C=O) groups is 1. The number of hydrogen-bond donors (Lipinski definition) is 1. The third kappa shape index (κ3) is 8.40. The Hall–Kier alpha value is -0.830. The molecule has 0 aliphatic heterocycles. The van der Waals surface area contributed by atoms with Crippen LogP contribution in [0, 0.1) is 0 Å². The fourth-order valence-electron chi connectivity index (χ4n) is 2.11. The van der Waals surface area contributed by atoms with Crippen LogP contribution in [0.1, 0.15) is 26.3 Å². The van der Waals surface area contributed by atoms with E-state index in [0.717, 1.165) is 20.3 Å². The third-order valence-electron chi connectivity index (χ3n) is 2.99. The maximum absolute atomic E-state index is 12.1. The molecule has 0 aliphatic rings. The minimum atomic E-state index is -0.561. The smallest absolute Gasteiger partial charge is 0.407 e. The molecule has 1 atom stereocenters. The van der Waals surface area contributed by atoms with Crippen LogP contribution in [0.5, 0.6) is 5.75 Å². The molecule has 0 radical (unpaired) electrons. The molecule has 0 saturated heterocycles. The molecule has 0 unspecified atom stereocenters. The molecule has 6 nitrogen and oxygen atoms in total. The van der Waals surface area contributed by atoms with Gasteiger partial charge < -0.3 is 24.3 Å². The van der Waals surface area contributed by atoms with E-state index in [4.69, 9.17) is 18.9 Å². The second kappa shape index (κ2) is 10.4. The molecular formula is C17H25Br2NO5. The highest BCUT2D eigenvalue weighted by molar-refractivity contribution is 9.11. The largest absolute Gasteiger partial charge is 0.494 e. The van der Waals surface area contributed by atoms with Crippen LogP contribution >= 0.6 is 31.9 Å². The Kier molecular flexibility index (Phi) is 9.20. The van der Waals surface area contributed by atoms with Crippen LogP contribution in [0.25, 0.3) is 0 Å². The van der Waals surface area contributed by atoms with Crippen molar-refractivity contribution in [2.24, 2.45) is 0 Å². The fraction of sp³-hybridized carbons (Fsp3) is 0.588. The van der Waals surface area contributed by atoms with Crippen LogP contribution in [-0.4, -0.2) is 45.4 Å². The number of rotatable bonds is 8. The topological polar surface area (TPSA) is 66.0 Å². The summed E-state index contributed by atoms with van der Waals surface area (Å²) in [6, 6.07) is 3.63. The van der Waals surface area contributed by atoms with Gasteiger partial charge in [-0.3, -0.25) is 0 Å². The number of halogens is 2. The van der Waals surface area contributed by atoms with Gasteiger partial charge in [-0.1, -0.05) is 0 Å². The SMILES string of the molecule is COCOC[C@H](Cc1cc(Br)c(OC)c(Br)c1)NC(=O)OC(C)(C)C. The number of ether oxygens (including phenoxy) is 4. The van der Waals surface area contributed by atoms with E-state index in [1.54, 1.807) is 14.2 Å². The summed E-state index contributed by atoms with van der Waals surface area (Å²) in [5.74, 6) is 0.719. The molecule has 0 spiro atoms. The van der Waals surface area contributed by atoms with Gasteiger partial charge in [-0.15, -0.1) is 0 Å². The molecule has 8 heteroatoms. The van der Waals surface area contributed by atoms with Gasteiger partial charge in [0.1, 0.15) is 18.1 Å². The van der Waals surface area contributed by atoms with Crippen LogP contribution in [-0.2, 0) is 20.6 Å². The van der Waals surface area contributed by atoms with E-state index < -0.39 is 11.7 Å². The lowest BCUT2D eigenvalue weighted by molar-refractivity contribution is -0.0388. The van der Waals surface area contributed by atoms with Gasteiger partial charge in [-0.25, -0.2) is 4.79 Å². The van der Waals surface area contributed by atoms with Crippen LogP contribution in [0.15, 0.2) is 21.1 Å². The number of carbonyl (C=O) groups excluding carboxylic acids is 1. The first-order valence-electron chi connectivity index (χ1n) is 7.74. The maximum Gasteiger partial charge on any atom is 0.407 e. The highest BCUT2D eigenvalue weighted by atomic mass is 79.9. The van der Waals surface area contributed by atoms with E-state index in [0.29, 0.717) is 13.0 Å². The van der Waals surface area contributed by atoms with Gasteiger partial charge in [-0.2, -0.15) is 0 Å². The van der Waals surface area contributed by atoms with Crippen molar-refractivity contribution in [3.63, 3.8) is 0 Å². The number of nitrogens with one attached hydrogen (secondary N) is 1. The number of amides is 1. The minimum Gasteiger partial charge on any atom is -0.494 e. The lowest BCUT2D eigenvalue weighted by Gasteiger charge is -2.24. The van der Waals surface area contributed by atoms with Gasteiger partial charge in [0.2, 0.25) is 0 Å². The molecule has 1 N–H and O–H groups in total. The molecule has 0 bridgehead atoms. The van der Waals surface area contributed by atoms with Gasteiger partial charge >= 0.3 is 6.09 Å². The molecule has 0 aliphatic carbocycles. The van der Waals surface area contributed by atoms with Crippen molar-refractivity contribution in [2.45, 2.75) is 38.8 Å². The number of hydrogen-bond acceptors (Lipinski definition) is 5. The maximum atomic E-state index is 12.1.